The molecule has 7 heteroatoms. The summed E-state index contributed by atoms with van der Waals surface area (Å²) in [5, 5.41) is 1.17. The number of carbonyl (C=O) groups excluding carboxylic acids is 2. The first kappa shape index (κ1) is 28.3. The molecule has 3 aromatic carbocycles. The first-order chi connectivity index (χ1) is 19.1. The van der Waals surface area contributed by atoms with E-state index < -0.39 is 0 Å². The number of H-pyrrole nitrogens is 1. The van der Waals surface area contributed by atoms with E-state index in [-0.39, 0.29) is 18.4 Å². The largest absolute Gasteiger partial charge is 0.497 e. The second-order valence-corrected chi connectivity index (χ2v) is 10.6. The third kappa shape index (κ3) is 8.14. The zero-order chi connectivity index (χ0) is 27.5. The second kappa shape index (κ2) is 14.4. The topological polar surface area (TPSA) is 65.6 Å². The highest BCUT2D eigenvalue weighted by Gasteiger charge is 2.22. The van der Waals surface area contributed by atoms with E-state index in [0.29, 0.717) is 25.4 Å². The number of aromatic amines is 1. The summed E-state index contributed by atoms with van der Waals surface area (Å²) in [6.07, 6.45) is 4.57. The predicted octanol–water partition coefficient (Wildman–Crippen LogP) is 6.17. The molecule has 2 amide bonds. The van der Waals surface area contributed by atoms with Gasteiger partial charge in [-0.2, -0.15) is 0 Å². The van der Waals surface area contributed by atoms with Crippen molar-refractivity contribution in [1.29, 1.82) is 0 Å². The van der Waals surface area contributed by atoms with Crippen LogP contribution >= 0.6 is 11.8 Å². The van der Waals surface area contributed by atoms with Gasteiger partial charge in [-0.15, -0.1) is 11.8 Å². The molecule has 0 spiro atoms. The Morgan fingerprint density at radius 1 is 0.872 bits per heavy atom. The fourth-order valence-electron chi connectivity index (χ4n) is 4.49. The van der Waals surface area contributed by atoms with Crippen molar-refractivity contribution in [3.63, 3.8) is 0 Å². The number of thioether (sulfide) groups is 1. The van der Waals surface area contributed by atoms with Crippen LogP contribution in [0.2, 0.25) is 0 Å². The summed E-state index contributed by atoms with van der Waals surface area (Å²) in [5.74, 6) is 1.05. The number of methoxy groups -OCH3 is 1. The molecule has 0 saturated heterocycles. The number of unbranched alkanes of at least 4 members (excludes halogenated alkanes) is 1. The highest BCUT2D eigenvalue weighted by Crippen LogP contribution is 2.20. The predicted molar refractivity (Wildman–Crippen MR) is 159 cm³/mol. The molecule has 0 atom stereocenters. The van der Waals surface area contributed by atoms with E-state index in [1.54, 1.807) is 12.0 Å². The number of hydrogen-bond donors (Lipinski definition) is 1. The molecule has 0 aliphatic rings. The fourth-order valence-corrected chi connectivity index (χ4v) is 5.32. The van der Waals surface area contributed by atoms with Gasteiger partial charge in [-0.05, 0) is 54.3 Å². The first-order valence-electron chi connectivity index (χ1n) is 13.5. The summed E-state index contributed by atoms with van der Waals surface area (Å²) < 4.78 is 5.30. The number of hydrogen-bond acceptors (Lipinski definition) is 4. The van der Waals surface area contributed by atoms with Crippen molar-refractivity contribution in [1.82, 2.24) is 14.8 Å². The number of amides is 2. The van der Waals surface area contributed by atoms with E-state index in [1.165, 1.54) is 22.7 Å². The van der Waals surface area contributed by atoms with Crippen LogP contribution in [0.3, 0.4) is 0 Å². The molecule has 0 aliphatic carbocycles. The van der Waals surface area contributed by atoms with Crippen LogP contribution in [-0.4, -0.2) is 59.1 Å². The van der Waals surface area contributed by atoms with Crippen LogP contribution in [0.1, 0.15) is 30.9 Å². The van der Waals surface area contributed by atoms with Crippen molar-refractivity contribution in [2.45, 2.75) is 37.6 Å². The molecule has 4 rings (SSSR count). The minimum atomic E-state index is -0.0418. The molecule has 0 saturated carbocycles. The average Bonchev–Trinajstić information content (AvgIpc) is 3.40. The van der Waals surface area contributed by atoms with Gasteiger partial charge in [0.05, 0.1) is 19.4 Å². The standard InChI is InChI=1S/C32H37N3O3S/c1-3-4-19-34(32(37)24-39-28-10-6-5-7-11-28)23-31(36)35(22-25-14-16-27(38-2)17-15-25)20-18-26-21-33-30-13-9-8-12-29(26)30/h5-17,21,33H,3-4,18-20,22-24H2,1-2H3. The molecule has 0 bridgehead atoms. The third-order valence-corrected chi connectivity index (χ3v) is 7.77. The minimum Gasteiger partial charge on any atom is -0.497 e. The SMILES string of the molecule is CCCCN(CC(=O)N(CCc1c[nH]c2ccccc12)Cc1ccc(OC)cc1)C(=O)CSc1ccccc1. The zero-order valence-corrected chi connectivity index (χ0v) is 23.6. The Morgan fingerprint density at radius 3 is 2.36 bits per heavy atom. The van der Waals surface area contributed by atoms with Crippen molar-refractivity contribution in [3.05, 3.63) is 96.2 Å². The monoisotopic (exact) mass is 543 g/mol. The number of rotatable bonds is 14. The van der Waals surface area contributed by atoms with Crippen molar-refractivity contribution in [3.8, 4) is 5.75 Å². The molecule has 6 nitrogen and oxygen atoms in total. The number of carbonyl (C=O) groups is 2. The molecular formula is C32H37N3O3S. The first-order valence-corrected chi connectivity index (χ1v) is 14.5. The van der Waals surface area contributed by atoms with E-state index in [4.69, 9.17) is 4.74 Å². The Labute approximate surface area is 235 Å². The number of nitrogens with zero attached hydrogens (tertiary/aromatic N) is 2. The van der Waals surface area contributed by atoms with Gasteiger partial charge in [0.25, 0.3) is 0 Å². The summed E-state index contributed by atoms with van der Waals surface area (Å²) in [6.45, 7) is 3.79. The maximum absolute atomic E-state index is 13.7. The van der Waals surface area contributed by atoms with E-state index in [9.17, 15) is 9.59 Å². The molecule has 0 fully saturated rings. The van der Waals surface area contributed by atoms with Gasteiger partial charge >= 0.3 is 0 Å². The van der Waals surface area contributed by atoms with Crippen LogP contribution < -0.4 is 4.74 Å². The van der Waals surface area contributed by atoms with Gasteiger partial charge in [0.15, 0.2) is 0 Å². The van der Waals surface area contributed by atoms with E-state index >= 15 is 0 Å². The van der Waals surface area contributed by atoms with Crippen molar-refractivity contribution in [2.24, 2.45) is 0 Å². The number of benzene rings is 3. The average molecular weight is 544 g/mol. The van der Waals surface area contributed by atoms with Crippen LogP contribution in [0, 0.1) is 0 Å². The van der Waals surface area contributed by atoms with E-state index in [1.807, 2.05) is 77.8 Å². The number of ether oxygens (including phenoxy) is 1. The van der Waals surface area contributed by atoms with Gasteiger partial charge in [-0.25, -0.2) is 0 Å². The molecule has 0 radical (unpaired) electrons. The van der Waals surface area contributed by atoms with Crippen LogP contribution in [0.25, 0.3) is 10.9 Å². The van der Waals surface area contributed by atoms with Gasteiger partial charge in [-0.3, -0.25) is 9.59 Å². The maximum Gasteiger partial charge on any atom is 0.242 e. The number of fused-ring (bicyclic) bond motifs is 1. The van der Waals surface area contributed by atoms with Crippen molar-refractivity contribution in [2.75, 3.05) is 32.5 Å². The summed E-state index contributed by atoms with van der Waals surface area (Å²) in [5.41, 5.74) is 3.29. The number of nitrogens with one attached hydrogen (secondary N) is 1. The molecule has 1 N–H and O–H groups in total. The van der Waals surface area contributed by atoms with Crippen LogP contribution in [0.5, 0.6) is 5.75 Å². The summed E-state index contributed by atoms with van der Waals surface area (Å²) >= 11 is 1.51. The maximum atomic E-state index is 13.7. The number of aromatic nitrogens is 1. The van der Waals surface area contributed by atoms with Gasteiger partial charge in [0.1, 0.15) is 5.75 Å². The van der Waals surface area contributed by atoms with Crippen molar-refractivity contribution < 1.29 is 14.3 Å². The lowest BCUT2D eigenvalue weighted by Crippen LogP contribution is -2.44. The van der Waals surface area contributed by atoms with Crippen molar-refractivity contribution >= 4 is 34.5 Å². The summed E-state index contributed by atoms with van der Waals surface area (Å²) in [4.78, 5) is 34.9. The highest BCUT2D eigenvalue weighted by molar-refractivity contribution is 8.00. The zero-order valence-electron chi connectivity index (χ0n) is 22.8. The van der Waals surface area contributed by atoms with Gasteiger partial charge in [0, 0.05) is 41.6 Å². The Balaban J connectivity index is 1.47. The quantitative estimate of drug-likeness (QED) is 0.193. The van der Waals surface area contributed by atoms with Crippen LogP contribution in [0.15, 0.2) is 90.0 Å². The third-order valence-electron chi connectivity index (χ3n) is 6.78. The molecule has 1 heterocycles. The molecule has 39 heavy (non-hydrogen) atoms. The Morgan fingerprint density at radius 2 is 1.62 bits per heavy atom. The van der Waals surface area contributed by atoms with Gasteiger partial charge < -0.3 is 19.5 Å². The Kier molecular flexibility index (Phi) is 10.5. The highest BCUT2D eigenvalue weighted by atomic mass is 32.2. The fraction of sp³-hybridized carbons (Fsp3) is 0.312. The molecule has 0 aliphatic heterocycles. The Bertz CT molecular complexity index is 1340. The molecular weight excluding hydrogens is 506 g/mol. The molecule has 4 aromatic rings. The molecule has 1 aromatic heterocycles. The van der Waals surface area contributed by atoms with Crippen LogP contribution in [0.4, 0.5) is 0 Å². The summed E-state index contributed by atoms with van der Waals surface area (Å²) in [7, 11) is 1.64. The lowest BCUT2D eigenvalue weighted by Gasteiger charge is -2.28. The number of para-hydroxylation sites is 1. The summed E-state index contributed by atoms with van der Waals surface area (Å²) in [6, 6.07) is 25.9. The minimum absolute atomic E-state index is 0.00770. The molecule has 204 valence electrons. The van der Waals surface area contributed by atoms with E-state index in [2.05, 4.69) is 24.0 Å². The Hall–Kier alpha value is -3.71. The van der Waals surface area contributed by atoms with Crippen LogP contribution in [-0.2, 0) is 22.6 Å². The normalized spacial score (nSPS) is 10.9. The van der Waals surface area contributed by atoms with Gasteiger partial charge in [-0.1, -0.05) is 61.9 Å². The lowest BCUT2D eigenvalue weighted by atomic mass is 10.1. The second-order valence-electron chi connectivity index (χ2n) is 9.54. The molecule has 0 unspecified atom stereocenters. The lowest BCUT2D eigenvalue weighted by molar-refractivity contribution is -0.139. The van der Waals surface area contributed by atoms with Gasteiger partial charge in [0.2, 0.25) is 11.8 Å². The smallest absolute Gasteiger partial charge is 0.242 e. The van der Waals surface area contributed by atoms with E-state index in [0.717, 1.165) is 41.0 Å².